The number of aryl methyl sites for hydroxylation is 1. The van der Waals surface area contributed by atoms with E-state index >= 15 is 0 Å². The quantitative estimate of drug-likeness (QED) is 0.870. The molecule has 0 aliphatic carbocycles. The maximum Gasteiger partial charge on any atom is 0.122 e. The third kappa shape index (κ3) is 2.61. The SMILES string of the molecule is COc1ccc(C)cc1C(CN)C1CCCO1. The Morgan fingerprint density at radius 2 is 2.35 bits per heavy atom. The van der Waals surface area contributed by atoms with Gasteiger partial charge in [-0.3, -0.25) is 0 Å². The fraction of sp³-hybridized carbons (Fsp3) is 0.571. The summed E-state index contributed by atoms with van der Waals surface area (Å²) >= 11 is 0. The molecule has 0 radical (unpaired) electrons. The molecule has 1 saturated heterocycles. The van der Waals surface area contributed by atoms with Gasteiger partial charge in [-0.2, -0.15) is 0 Å². The summed E-state index contributed by atoms with van der Waals surface area (Å²) < 4.78 is 11.2. The van der Waals surface area contributed by atoms with Crippen LogP contribution in [0.4, 0.5) is 0 Å². The fourth-order valence-electron chi connectivity index (χ4n) is 2.54. The summed E-state index contributed by atoms with van der Waals surface area (Å²) in [5.74, 6) is 1.16. The molecule has 1 aliphatic heterocycles. The minimum atomic E-state index is 0.243. The number of methoxy groups -OCH3 is 1. The largest absolute Gasteiger partial charge is 0.496 e. The Hall–Kier alpha value is -1.06. The zero-order chi connectivity index (χ0) is 12.3. The molecule has 1 aliphatic rings. The third-order valence-corrected chi connectivity index (χ3v) is 3.45. The van der Waals surface area contributed by atoms with Crippen LogP contribution in [0.2, 0.25) is 0 Å². The predicted molar refractivity (Wildman–Crippen MR) is 68.5 cm³/mol. The zero-order valence-electron chi connectivity index (χ0n) is 10.6. The molecular weight excluding hydrogens is 214 g/mol. The first-order valence-electron chi connectivity index (χ1n) is 6.22. The molecule has 2 N–H and O–H groups in total. The minimum absolute atomic E-state index is 0.243. The number of hydrogen-bond donors (Lipinski definition) is 1. The average Bonchev–Trinajstić information content (AvgIpc) is 2.84. The molecule has 2 rings (SSSR count). The summed E-state index contributed by atoms with van der Waals surface area (Å²) in [7, 11) is 1.71. The summed E-state index contributed by atoms with van der Waals surface area (Å²) in [6, 6.07) is 6.24. The second kappa shape index (κ2) is 5.52. The highest BCUT2D eigenvalue weighted by Gasteiger charge is 2.28. The zero-order valence-corrected chi connectivity index (χ0v) is 10.6. The van der Waals surface area contributed by atoms with Crippen LogP contribution in [0.15, 0.2) is 18.2 Å². The molecule has 1 aromatic carbocycles. The molecule has 3 nitrogen and oxygen atoms in total. The summed E-state index contributed by atoms with van der Waals surface area (Å²) in [6.07, 6.45) is 2.48. The van der Waals surface area contributed by atoms with Gasteiger partial charge in [-0.25, -0.2) is 0 Å². The van der Waals surface area contributed by atoms with E-state index in [4.69, 9.17) is 15.2 Å². The van der Waals surface area contributed by atoms with E-state index in [1.54, 1.807) is 7.11 Å². The molecule has 0 spiro atoms. The summed E-state index contributed by atoms with van der Waals surface area (Å²) in [6.45, 7) is 3.55. The lowest BCUT2D eigenvalue weighted by molar-refractivity contribution is 0.0898. The number of hydrogen-bond acceptors (Lipinski definition) is 3. The lowest BCUT2D eigenvalue weighted by Gasteiger charge is -2.24. The molecule has 2 unspecified atom stereocenters. The highest BCUT2D eigenvalue weighted by Crippen LogP contribution is 2.34. The highest BCUT2D eigenvalue weighted by molar-refractivity contribution is 5.40. The van der Waals surface area contributed by atoms with E-state index < -0.39 is 0 Å². The molecule has 2 atom stereocenters. The van der Waals surface area contributed by atoms with E-state index in [0.29, 0.717) is 6.54 Å². The van der Waals surface area contributed by atoms with E-state index in [1.165, 1.54) is 11.1 Å². The van der Waals surface area contributed by atoms with E-state index in [1.807, 2.05) is 6.07 Å². The maximum atomic E-state index is 5.92. The highest BCUT2D eigenvalue weighted by atomic mass is 16.5. The van der Waals surface area contributed by atoms with Gasteiger partial charge >= 0.3 is 0 Å². The Morgan fingerprint density at radius 1 is 1.53 bits per heavy atom. The number of ether oxygens (including phenoxy) is 2. The molecule has 1 heterocycles. The van der Waals surface area contributed by atoms with E-state index in [9.17, 15) is 0 Å². The fourth-order valence-corrected chi connectivity index (χ4v) is 2.54. The number of nitrogens with two attached hydrogens (primary N) is 1. The monoisotopic (exact) mass is 235 g/mol. The Labute approximate surface area is 103 Å². The second-order valence-corrected chi connectivity index (χ2v) is 4.64. The van der Waals surface area contributed by atoms with Crippen LogP contribution >= 0.6 is 0 Å². The number of rotatable bonds is 4. The van der Waals surface area contributed by atoms with Crippen LogP contribution in [-0.2, 0) is 4.74 Å². The summed E-state index contributed by atoms with van der Waals surface area (Å²) in [4.78, 5) is 0. The van der Waals surface area contributed by atoms with Crippen LogP contribution in [-0.4, -0.2) is 26.4 Å². The second-order valence-electron chi connectivity index (χ2n) is 4.64. The predicted octanol–water partition coefficient (Wildman–Crippen LogP) is 2.22. The van der Waals surface area contributed by atoms with Crippen molar-refractivity contribution in [3.8, 4) is 5.75 Å². The summed E-state index contributed by atoms with van der Waals surface area (Å²) in [5.41, 5.74) is 8.34. The first-order valence-corrected chi connectivity index (χ1v) is 6.22. The standard InChI is InChI=1S/C14H21NO2/c1-10-5-6-13(16-2)11(8-10)12(9-15)14-4-3-7-17-14/h5-6,8,12,14H,3-4,7,9,15H2,1-2H3. The first-order chi connectivity index (χ1) is 8.26. The molecule has 94 valence electrons. The van der Waals surface area contributed by atoms with Gasteiger partial charge in [0.2, 0.25) is 0 Å². The lowest BCUT2D eigenvalue weighted by Crippen LogP contribution is -2.25. The van der Waals surface area contributed by atoms with Gasteiger partial charge in [0.1, 0.15) is 5.75 Å². The van der Waals surface area contributed by atoms with Crippen molar-refractivity contribution in [3.05, 3.63) is 29.3 Å². The first kappa shape index (κ1) is 12.4. The van der Waals surface area contributed by atoms with Crippen molar-refractivity contribution in [2.24, 2.45) is 5.73 Å². The van der Waals surface area contributed by atoms with Crippen molar-refractivity contribution in [3.63, 3.8) is 0 Å². The van der Waals surface area contributed by atoms with Crippen molar-refractivity contribution in [1.29, 1.82) is 0 Å². The molecule has 1 fully saturated rings. The molecule has 0 amide bonds. The Balaban J connectivity index is 2.31. The van der Waals surface area contributed by atoms with Gasteiger partial charge < -0.3 is 15.2 Å². The van der Waals surface area contributed by atoms with Gasteiger partial charge in [0.05, 0.1) is 13.2 Å². The van der Waals surface area contributed by atoms with E-state index in [-0.39, 0.29) is 12.0 Å². The molecule has 3 heteroatoms. The van der Waals surface area contributed by atoms with Gasteiger partial charge in [-0.1, -0.05) is 17.7 Å². The Bertz CT molecular complexity index is 372. The van der Waals surface area contributed by atoms with Crippen LogP contribution in [0.3, 0.4) is 0 Å². The number of benzene rings is 1. The van der Waals surface area contributed by atoms with Crippen molar-refractivity contribution >= 4 is 0 Å². The van der Waals surface area contributed by atoms with Crippen molar-refractivity contribution in [1.82, 2.24) is 0 Å². The van der Waals surface area contributed by atoms with Gasteiger partial charge in [0, 0.05) is 24.6 Å². The maximum absolute atomic E-state index is 5.92. The van der Waals surface area contributed by atoms with Crippen LogP contribution in [0, 0.1) is 6.92 Å². The average molecular weight is 235 g/mol. The van der Waals surface area contributed by atoms with Gasteiger partial charge in [0.15, 0.2) is 0 Å². The van der Waals surface area contributed by atoms with Gasteiger partial charge in [-0.15, -0.1) is 0 Å². The Kier molecular flexibility index (Phi) is 4.02. The van der Waals surface area contributed by atoms with Crippen molar-refractivity contribution < 1.29 is 9.47 Å². The van der Waals surface area contributed by atoms with Crippen molar-refractivity contribution in [2.75, 3.05) is 20.3 Å². The van der Waals surface area contributed by atoms with Crippen LogP contribution < -0.4 is 10.5 Å². The van der Waals surface area contributed by atoms with Crippen LogP contribution in [0.5, 0.6) is 5.75 Å². The van der Waals surface area contributed by atoms with Crippen LogP contribution in [0.25, 0.3) is 0 Å². The molecule has 17 heavy (non-hydrogen) atoms. The van der Waals surface area contributed by atoms with Crippen LogP contribution in [0.1, 0.15) is 29.9 Å². The minimum Gasteiger partial charge on any atom is -0.496 e. The topological polar surface area (TPSA) is 44.5 Å². The smallest absolute Gasteiger partial charge is 0.122 e. The van der Waals surface area contributed by atoms with E-state index in [2.05, 4.69) is 19.1 Å². The molecular formula is C14H21NO2. The molecule has 0 saturated carbocycles. The van der Waals surface area contributed by atoms with Crippen molar-refractivity contribution in [2.45, 2.75) is 31.8 Å². The van der Waals surface area contributed by atoms with Gasteiger partial charge in [0.25, 0.3) is 0 Å². The molecule has 0 aromatic heterocycles. The van der Waals surface area contributed by atoms with Gasteiger partial charge in [-0.05, 0) is 25.8 Å². The molecule has 0 bridgehead atoms. The normalized spacial score (nSPS) is 21.5. The third-order valence-electron chi connectivity index (χ3n) is 3.45. The Morgan fingerprint density at radius 3 is 2.94 bits per heavy atom. The molecule has 1 aromatic rings. The van der Waals surface area contributed by atoms with E-state index in [0.717, 1.165) is 25.2 Å². The summed E-state index contributed by atoms with van der Waals surface area (Å²) in [5, 5.41) is 0. The lowest BCUT2D eigenvalue weighted by atomic mass is 9.90.